The van der Waals surface area contributed by atoms with Crippen LogP contribution in [0.1, 0.15) is 12.8 Å². The van der Waals surface area contributed by atoms with E-state index < -0.39 is 10.7 Å². The molecule has 0 radical (unpaired) electrons. The molecule has 0 saturated heterocycles. The van der Waals surface area contributed by atoms with Crippen LogP contribution in [-0.4, -0.2) is 15.8 Å². The molecule has 2 bridgehead atoms. The molecule has 3 heteroatoms. The second-order valence-electron chi connectivity index (χ2n) is 4.80. The summed E-state index contributed by atoms with van der Waals surface area (Å²) in [6.45, 7) is 0. The van der Waals surface area contributed by atoms with E-state index in [4.69, 9.17) is 0 Å². The first-order valence-corrected chi connectivity index (χ1v) is 6.68. The Morgan fingerprint density at radius 1 is 1.29 bits per heavy atom. The van der Waals surface area contributed by atoms with Crippen LogP contribution in [-0.2, 0) is 4.79 Å². The second kappa shape index (κ2) is 3.91. The molecule has 0 unspecified atom stereocenters. The van der Waals surface area contributed by atoms with Crippen molar-refractivity contribution < 1.29 is 9.90 Å². The number of allylic oxidation sites excluding steroid dienone is 2. The number of benzene rings is 1. The third-order valence-corrected chi connectivity index (χ3v) is 5.26. The average Bonchev–Trinajstić information content (AvgIpc) is 2.91. The van der Waals surface area contributed by atoms with Gasteiger partial charge in [0, 0.05) is 10.8 Å². The van der Waals surface area contributed by atoms with Gasteiger partial charge in [-0.3, -0.25) is 4.79 Å². The smallest absolute Gasteiger partial charge is 0.320 e. The van der Waals surface area contributed by atoms with Crippen LogP contribution in [0.15, 0.2) is 47.4 Å². The number of carbonyl (C=O) groups is 1. The van der Waals surface area contributed by atoms with Crippen LogP contribution in [0.5, 0.6) is 0 Å². The number of rotatable bonds is 3. The topological polar surface area (TPSA) is 37.3 Å². The lowest BCUT2D eigenvalue weighted by atomic mass is 9.92. The Hall–Kier alpha value is -1.22. The second-order valence-corrected chi connectivity index (χ2v) is 6.21. The van der Waals surface area contributed by atoms with Crippen molar-refractivity contribution in [1.29, 1.82) is 0 Å². The van der Waals surface area contributed by atoms with Crippen LogP contribution < -0.4 is 0 Å². The Labute approximate surface area is 105 Å². The highest BCUT2D eigenvalue weighted by molar-refractivity contribution is 8.01. The predicted molar refractivity (Wildman–Crippen MR) is 68.0 cm³/mol. The van der Waals surface area contributed by atoms with Crippen molar-refractivity contribution in [3.05, 3.63) is 42.5 Å². The lowest BCUT2D eigenvalue weighted by Crippen LogP contribution is -2.39. The highest BCUT2D eigenvalue weighted by Gasteiger charge is 2.54. The van der Waals surface area contributed by atoms with Gasteiger partial charge in [0.25, 0.3) is 0 Å². The number of fused-ring (bicyclic) bond motifs is 2. The van der Waals surface area contributed by atoms with Crippen LogP contribution >= 0.6 is 11.8 Å². The Kier molecular flexibility index (Phi) is 2.51. The largest absolute Gasteiger partial charge is 0.480 e. The molecule has 88 valence electrons. The van der Waals surface area contributed by atoms with E-state index in [0.717, 1.165) is 17.7 Å². The number of thioether (sulfide) groups is 1. The third kappa shape index (κ3) is 1.69. The van der Waals surface area contributed by atoms with Crippen LogP contribution in [0, 0.1) is 11.8 Å². The summed E-state index contributed by atoms with van der Waals surface area (Å²) in [7, 11) is 0. The summed E-state index contributed by atoms with van der Waals surface area (Å²) in [4.78, 5) is 12.7. The zero-order chi connectivity index (χ0) is 11.9. The van der Waals surface area contributed by atoms with E-state index in [1.807, 2.05) is 30.3 Å². The van der Waals surface area contributed by atoms with Crippen molar-refractivity contribution >= 4 is 17.7 Å². The molecule has 1 N–H and O–H groups in total. The fourth-order valence-corrected chi connectivity index (χ4v) is 4.34. The zero-order valence-corrected chi connectivity index (χ0v) is 10.2. The molecule has 2 nitrogen and oxygen atoms in total. The minimum atomic E-state index is -0.664. The van der Waals surface area contributed by atoms with Crippen molar-refractivity contribution in [2.45, 2.75) is 22.5 Å². The van der Waals surface area contributed by atoms with Crippen molar-refractivity contribution in [1.82, 2.24) is 0 Å². The molecule has 0 aromatic heterocycles. The average molecular weight is 246 g/mol. The van der Waals surface area contributed by atoms with Gasteiger partial charge in [-0.15, -0.1) is 11.8 Å². The molecule has 2 aliphatic rings. The fraction of sp³-hybridized carbons (Fsp3) is 0.357. The van der Waals surface area contributed by atoms with Crippen molar-refractivity contribution in [3.63, 3.8) is 0 Å². The fourth-order valence-electron chi connectivity index (χ4n) is 2.92. The van der Waals surface area contributed by atoms with E-state index in [1.54, 1.807) is 0 Å². The van der Waals surface area contributed by atoms with Gasteiger partial charge in [-0.25, -0.2) is 0 Å². The maximum absolute atomic E-state index is 11.7. The quantitative estimate of drug-likeness (QED) is 0.832. The lowest BCUT2D eigenvalue weighted by Gasteiger charge is -2.30. The molecule has 1 aromatic rings. The molecule has 0 heterocycles. The Bertz CT molecular complexity index is 468. The normalized spacial score (nSPS) is 34.1. The van der Waals surface area contributed by atoms with Crippen molar-refractivity contribution in [2.24, 2.45) is 11.8 Å². The van der Waals surface area contributed by atoms with Gasteiger partial charge in [-0.1, -0.05) is 30.4 Å². The minimum absolute atomic E-state index is 0.190. The molecule has 0 amide bonds. The molecule has 3 rings (SSSR count). The Balaban J connectivity index is 1.92. The molecule has 1 saturated carbocycles. The highest BCUT2D eigenvalue weighted by atomic mass is 32.2. The third-order valence-electron chi connectivity index (χ3n) is 3.74. The van der Waals surface area contributed by atoms with E-state index in [0.29, 0.717) is 5.92 Å². The van der Waals surface area contributed by atoms with Gasteiger partial charge < -0.3 is 5.11 Å². The summed E-state index contributed by atoms with van der Waals surface area (Å²) in [6.07, 6.45) is 6.05. The van der Waals surface area contributed by atoms with E-state index in [1.165, 1.54) is 11.8 Å². The maximum Gasteiger partial charge on any atom is 0.320 e. The number of carboxylic acid groups (broad SMARTS) is 1. The first-order chi connectivity index (χ1) is 8.21. The van der Waals surface area contributed by atoms with Crippen LogP contribution in [0.2, 0.25) is 0 Å². The highest BCUT2D eigenvalue weighted by Crippen LogP contribution is 2.55. The Morgan fingerprint density at radius 2 is 2.06 bits per heavy atom. The van der Waals surface area contributed by atoms with Gasteiger partial charge in [0.2, 0.25) is 0 Å². The predicted octanol–water partition coefficient (Wildman–Crippen LogP) is 3.20. The minimum Gasteiger partial charge on any atom is -0.480 e. The summed E-state index contributed by atoms with van der Waals surface area (Å²) in [5.41, 5.74) is 0. The van der Waals surface area contributed by atoms with E-state index in [-0.39, 0.29) is 5.92 Å². The number of aliphatic carboxylic acids is 1. The van der Waals surface area contributed by atoms with E-state index in [9.17, 15) is 9.90 Å². The van der Waals surface area contributed by atoms with Gasteiger partial charge in [-0.2, -0.15) is 0 Å². The van der Waals surface area contributed by atoms with Gasteiger partial charge in [0.05, 0.1) is 0 Å². The molecule has 2 aliphatic carbocycles. The van der Waals surface area contributed by atoms with Crippen LogP contribution in [0.4, 0.5) is 0 Å². The molecule has 3 atom stereocenters. The van der Waals surface area contributed by atoms with Crippen molar-refractivity contribution in [3.8, 4) is 0 Å². The number of hydrogen-bond donors (Lipinski definition) is 1. The first kappa shape index (κ1) is 10.9. The standard InChI is InChI=1S/C14H14O2S/c15-13(16)14(9-10-6-7-11(14)8-10)17-12-4-2-1-3-5-12/h1-7,10-11H,8-9H2,(H,15,16)/t10-,11+,14+/m0/s1. The van der Waals surface area contributed by atoms with Gasteiger partial charge >= 0.3 is 5.97 Å². The van der Waals surface area contributed by atoms with E-state index >= 15 is 0 Å². The van der Waals surface area contributed by atoms with Gasteiger partial charge in [-0.05, 0) is 30.9 Å². The maximum atomic E-state index is 11.7. The summed E-state index contributed by atoms with van der Waals surface area (Å²) in [6, 6.07) is 9.86. The van der Waals surface area contributed by atoms with Crippen LogP contribution in [0.25, 0.3) is 0 Å². The molecule has 17 heavy (non-hydrogen) atoms. The Morgan fingerprint density at radius 3 is 2.59 bits per heavy atom. The SMILES string of the molecule is O=C(O)[C@@]1(Sc2ccccc2)C[C@H]2C=C[C@@H]1C2. The summed E-state index contributed by atoms with van der Waals surface area (Å²) in [5.74, 6) is -0.00859. The van der Waals surface area contributed by atoms with Crippen LogP contribution in [0.3, 0.4) is 0 Å². The molecule has 1 fully saturated rings. The first-order valence-electron chi connectivity index (χ1n) is 5.86. The summed E-state index contributed by atoms with van der Waals surface area (Å²) in [5, 5.41) is 9.59. The van der Waals surface area contributed by atoms with Gasteiger partial charge in [0.15, 0.2) is 0 Å². The molecular formula is C14H14O2S. The number of hydrogen-bond acceptors (Lipinski definition) is 2. The molecule has 0 spiro atoms. The molecular weight excluding hydrogens is 232 g/mol. The lowest BCUT2D eigenvalue weighted by molar-refractivity contribution is -0.140. The zero-order valence-electron chi connectivity index (χ0n) is 9.37. The van der Waals surface area contributed by atoms with Gasteiger partial charge in [0.1, 0.15) is 4.75 Å². The summed E-state index contributed by atoms with van der Waals surface area (Å²) < 4.78 is -0.638. The van der Waals surface area contributed by atoms with Crippen molar-refractivity contribution in [2.75, 3.05) is 0 Å². The molecule has 0 aliphatic heterocycles. The van der Waals surface area contributed by atoms with E-state index in [2.05, 4.69) is 12.2 Å². The summed E-state index contributed by atoms with van der Waals surface area (Å²) >= 11 is 1.52. The molecule has 1 aromatic carbocycles. The number of carboxylic acids is 1. The monoisotopic (exact) mass is 246 g/mol.